The number of amides is 1. The summed E-state index contributed by atoms with van der Waals surface area (Å²) >= 11 is 0. The van der Waals surface area contributed by atoms with Crippen molar-refractivity contribution >= 4 is 12.1 Å². The fourth-order valence-corrected chi connectivity index (χ4v) is 0.642. The van der Waals surface area contributed by atoms with Gasteiger partial charge in [0, 0.05) is 6.92 Å². The molecule has 0 saturated carbocycles. The molecule has 0 saturated heterocycles. The summed E-state index contributed by atoms with van der Waals surface area (Å²) in [6.45, 7) is 6.13. The molecule has 0 heterocycles. The van der Waals surface area contributed by atoms with E-state index < -0.39 is 17.7 Å². The predicted molar refractivity (Wildman–Crippen MR) is 51.7 cm³/mol. The molecule has 88 valence electrons. The molecular weight excluding hydrogens is 202 g/mol. The minimum Gasteiger partial charge on any atom is -0.442 e. The second kappa shape index (κ2) is 5.55. The van der Waals surface area contributed by atoms with E-state index in [4.69, 9.17) is 4.74 Å². The second-order valence-electron chi connectivity index (χ2n) is 3.81. The Kier molecular flexibility index (Phi) is 5.07. The van der Waals surface area contributed by atoms with E-state index in [1.807, 2.05) is 0 Å². The van der Waals surface area contributed by atoms with E-state index in [9.17, 15) is 9.59 Å². The van der Waals surface area contributed by atoms with E-state index in [-0.39, 0.29) is 6.73 Å². The Morgan fingerprint density at radius 1 is 1.27 bits per heavy atom. The lowest BCUT2D eigenvalue weighted by molar-refractivity contribution is -0.182. The highest BCUT2D eigenvalue weighted by Gasteiger charge is 2.22. The van der Waals surface area contributed by atoms with E-state index in [0.717, 1.165) is 5.06 Å². The maximum Gasteiger partial charge on any atom is 0.437 e. The third-order valence-electron chi connectivity index (χ3n) is 1.20. The molecular formula is C9H17NO5. The van der Waals surface area contributed by atoms with Crippen LogP contribution in [0.4, 0.5) is 4.79 Å². The van der Waals surface area contributed by atoms with Crippen molar-refractivity contribution in [1.29, 1.82) is 0 Å². The van der Waals surface area contributed by atoms with Crippen molar-refractivity contribution in [3.8, 4) is 0 Å². The third kappa shape index (κ3) is 6.73. The fourth-order valence-electron chi connectivity index (χ4n) is 0.642. The van der Waals surface area contributed by atoms with Gasteiger partial charge in [0.15, 0.2) is 6.73 Å². The van der Waals surface area contributed by atoms with Crippen LogP contribution in [0.2, 0.25) is 0 Å². The third-order valence-corrected chi connectivity index (χ3v) is 1.20. The SMILES string of the molecule is CON(COC(C)=O)C(=O)OC(C)(C)C. The number of nitrogens with zero attached hydrogens (tertiary/aromatic N) is 1. The Bertz CT molecular complexity index is 233. The first-order valence-electron chi connectivity index (χ1n) is 4.44. The van der Waals surface area contributed by atoms with Crippen LogP contribution in [0.15, 0.2) is 0 Å². The molecule has 0 spiro atoms. The first-order valence-corrected chi connectivity index (χ1v) is 4.44. The van der Waals surface area contributed by atoms with Gasteiger partial charge in [0.25, 0.3) is 0 Å². The number of carbonyl (C=O) groups excluding carboxylic acids is 2. The number of carbonyl (C=O) groups is 2. The minimum atomic E-state index is -0.703. The van der Waals surface area contributed by atoms with E-state index in [2.05, 4.69) is 9.57 Å². The van der Waals surface area contributed by atoms with Crippen LogP contribution < -0.4 is 0 Å². The Hall–Kier alpha value is -1.30. The van der Waals surface area contributed by atoms with Crippen LogP contribution >= 0.6 is 0 Å². The van der Waals surface area contributed by atoms with Crippen molar-refractivity contribution in [3.63, 3.8) is 0 Å². The average molecular weight is 219 g/mol. The Balaban J connectivity index is 4.16. The zero-order chi connectivity index (χ0) is 12.1. The van der Waals surface area contributed by atoms with Crippen molar-refractivity contribution in [2.24, 2.45) is 0 Å². The van der Waals surface area contributed by atoms with Gasteiger partial charge in [-0.15, -0.1) is 5.06 Å². The first-order chi connectivity index (χ1) is 6.76. The molecule has 0 unspecified atom stereocenters. The molecule has 0 radical (unpaired) electrons. The van der Waals surface area contributed by atoms with E-state index >= 15 is 0 Å². The van der Waals surface area contributed by atoms with Gasteiger partial charge in [-0.25, -0.2) is 4.79 Å². The van der Waals surface area contributed by atoms with Crippen LogP contribution in [0.1, 0.15) is 27.7 Å². The number of rotatable bonds is 3. The Labute approximate surface area is 89.0 Å². The highest BCUT2D eigenvalue weighted by atomic mass is 16.7. The summed E-state index contributed by atoms with van der Waals surface area (Å²) < 4.78 is 9.59. The molecule has 0 N–H and O–H groups in total. The molecule has 0 aromatic carbocycles. The molecule has 0 aliphatic carbocycles. The van der Waals surface area contributed by atoms with Crippen LogP contribution in [0.25, 0.3) is 0 Å². The number of hydrogen-bond donors (Lipinski definition) is 0. The zero-order valence-corrected chi connectivity index (χ0v) is 9.70. The Morgan fingerprint density at radius 2 is 1.80 bits per heavy atom. The quantitative estimate of drug-likeness (QED) is 0.406. The van der Waals surface area contributed by atoms with Crippen molar-refractivity contribution in [3.05, 3.63) is 0 Å². The molecule has 0 fully saturated rings. The van der Waals surface area contributed by atoms with E-state index in [0.29, 0.717) is 0 Å². The number of esters is 1. The zero-order valence-electron chi connectivity index (χ0n) is 9.70. The van der Waals surface area contributed by atoms with Gasteiger partial charge >= 0.3 is 12.1 Å². The standard InChI is InChI=1S/C9H17NO5/c1-7(11)14-6-10(13-5)8(12)15-9(2,3)4/h6H2,1-5H3. The summed E-state index contributed by atoms with van der Waals surface area (Å²) in [6.07, 6.45) is -0.703. The number of hydroxylamine groups is 2. The molecule has 0 bridgehead atoms. The highest BCUT2D eigenvalue weighted by molar-refractivity contribution is 5.68. The molecule has 0 aromatic heterocycles. The topological polar surface area (TPSA) is 65.1 Å². The summed E-state index contributed by atoms with van der Waals surface area (Å²) in [7, 11) is 1.29. The molecule has 1 amide bonds. The molecule has 0 aliphatic rings. The Morgan fingerprint density at radius 3 is 2.13 bits per heavy atom. The molecule has 6 nitrogen and oxygen atoms in total. The minimum absolute atomic E-state index is 0.291. The lowest BCUT2D eigenvalue weighted by Gasteiger charge is -2.24. The summed E-state index contributed by atoms with van der Waals surface area (Å²) in [5.74, 6) is -0.499. The largest absolute Gasteiger partial charge is 0.442 e. The predicted octanol–water partition coefficient (Wildman–Crippen LogP) is 1.31. The maximum atomic E-state index is 11.4. The van der Waals surface area contributed by atoms with Crippen LogP contribution in [-0.4, -0.2) is 36.6 Å². The van der Waals surface area contributed by atoms with Gasteiger partial charge in [-0.05, 0) is 20.8 Å². The van der Waals surface area contributed by atoms with E-state index in [1.54, 1.807) is 20.8 Å². The van der Waals surface area contributed by atoms with Crippen molar-refractivity contribution in [2.75, 3.05) is 13.8 Å². The molecule has 6 heteroatoms. The normalized spacial score (nSPS) is 10.7. The van der Waals surface area contributed by atoms with Crippen molar-refractivity contribution in [2.45, 2.75) is 33.3 Å². The number of hydrogen-bond acceptors (Lipinski definition) is 5. The van der Waals surface area contributed by atoms with Gasteiger partial charge in [0.05, 0.1) is 7.11 Å². The maximum absolute atomic E-state index is 11.4. The van der Waals surface area contributed by atoms with Gasteiger partial charge < -0.3 is 9.47 Å². The van der Waals surface area contributed by atoms with Gasteiger partial charge in [-0.3, -0.25) is 9.63 Å². The second-order valence-corrected chi connectivity index (χ2v) is 3.81. The van der Waals surface area contributed by atoms with Crippen LogP contribution in [0.3, 0.4) is 0 Å². The molecule has 15 heavy (non-hydrogen) atoms. The average Bonchev–Trinajstić information content (AvgIpc) is 2.01. The monoisotopic (exact) mass is 219 g/mol. The van der Waals surface area contributed by atoms with E-state index in [1.165, 1.54) is 14.0 Å². The van der Waals surface area contributed by atoms with Crippen LogP contribution in [0, 0.1) is 0 Å². The smallest absolute Gasteiger partial charge is 0.437 e. The molecule has 0 rings (SSSR count). The molecule has 0 aliphatic heterocycles. The van der Waals surface area contributed by atoms with Crippen LogP contribution in [-0.2, 0) is 19.1 Å². The van der Waals surface area contributed by atoms with Crippen LogP contribution in [0.5, 0.6) is 0 Å². The summed E-state index contributed by atoms with van der Waals surface area (Å²) in [4.78, 5) is 26.6. The summed E-state index contributed by atoms with van der Waals surface area (Å²) in [6, 6.07) is 0. The van der Waals surface area contributed by atoms with Gasteiger partial charge in [0.2, 0.25) is 0 Å². The van der Waals surface area contributed by atoms with Gasteiger partial charge in [0.1, 0.15) is 5.60 Å². The first kappa shape index (κ1) is 13.7. The lowest BCUT2D eigenvalue weighted by atomic mass is 10.2. The van der Waals surface area contributed by atoms with Crippen molar-refractivity contribution in [1.82, 2.24) is 5.06 Å². The lowest BCUT2D eigenvalue weighted by Crippen LogP contribution is -2.37. The van der Waals surface area contributed by atoms with Gasteiger partial charge in [-0.2, -0.15) is 0 Å². The van der Waals surface area contributed by atoms with Gasteiger partial charge in [-0.1, -0.05) is 0 Å². The molecule has 0 atom stereocenters. The number of ether oxygens (including phenoxy) is 2. The summed E-state index contributed by atoms with van der Waals surface area (Å²) in [5.41, 5.74) is -0.621. The highest BCUT2D eigenvalue weighted by Crippen LogP contribution is 2.09. The fraction of sp³-hybridized carbons (Fsp3) is 0.778. The summed E-state index contributed by atoms with van der Waals surface area (Å²) in [5, 5.41) is 0.812. The molecule has 0 aromatic rings. The van der Waals surface area contributed by atoms with Crippen molar-refractivity contribution < 1.29 is 23.9 Å².